The first-order valence-corrected chi connectivity index (χ1v) is 9.62. The largest absolute Gasteiger partial charge is 0.494 e. The lowest BCUT2D eigenvalue weighted by Gasteiger charge is -2.19. The van der Waals surface area contributed by atoms with Crippen LogP contribution in [0, 0.1) is 0 Å². The van der Waals surface area contributed by atoms with Crippen molar-refractivity contribution >= 4 is 40.5 Å². The molecule has 2 aromatic rings. The van der Waals surface area contributed by atoms with Crippen LogP contribution >= 0.6 is 23.8 Å². The highest BCUT2D eigenvalue weighted by Crippen LogP contribution is 2.24. The van der Waals surface area contributed by atoms with Crippen molar-refractivity contribution in [2.45, 2.75) is 39.0 Å². The minimum absolute atomic E-state index is 0.120. The van der Waals surface area contributed by atoms with Gasteiger partial charge in [-0.1, -0.05) is 44.5 Å². The van der Waals surface area contributed by atoms with E-state index < -0.39 is 0 Å². The number of anilines is 1. The maximum atomic E-state index is 11.9. The molecule has 0 saturated carbocycles. The van der Waals surface area contributed by atoms with Gasteiger partial charge < -0.3 is 15.4 Å². The zero-order valence-corrected chi connectivity index (χ0v) is 17.4. The van der Waals surface area contributed by atoms with E-state index in [0.717, 1.165) is 11.4 Å². The lowest BCUT2D eigenvalue weighted by atomic mass is 9.87. The van der Waals surface area contributed by atoms with Gasteiger partial charge in [-0.3, -0.25) is 4.79 Å². The van der Waals surface area contributed by atoms with E-state index in [-0.39, 0.29) is 16.4 Å². The maximum Gasteiger partial charge on any atom is 0.226 e. The lowest BCUT2D eigenvalue weighted by Crippen LogP contribution is -2.34. The van der Waals surface area contributed by atoms with Gasteiger partial charge in [-0.15, -0.1) is 0 Å². The highest BCUT2D eigenvalue weighted by atomic mass is 35.5. The van der Waals surface area contributed by atoms with Crippen molar-refractivity contribution in [3.05, 3.63) is 59.1 Å². The van der Waals surface area contributed by atoms with E-state index in [1.54, 1.807) is 24.3 Å². The van der Waals surface area contributed by atoms with Crippen LogP contribution in [-0.4, -0.2) is 17.6 Å². The van der Waals surface area contributed by atoms with E-state index in [2.05, 4.69) is 43.5 Å². The molecule has 0 saturated heterocycles. The SMILES string of the molecule is CC(C)(C)c1ccc(OCCCC(=O)NC(=S)Nc2ccc(Cl)cc2)cc1. The summed E-state index contributed by atoms with van der Waals surface area (Å²) in [6.07, 6.45) is 0.943. The van der Waals surface area contributed by atoms with Gasteiger partial charge in [0.2, 0.25) is 5.91 Å². The Balaban J connectivity index is 1.67. The molecule has 2 N–H and O–H groups in total. The zero-order chi connectivity index (χ0) is 19.9. The summed E-state index contributed by atoms with van der Waals surface area (Å²) in [6, 6.07) is 15.2. The smallest absolute Gasteiger partial charge is 0.226 e. The molecule has 0 spiro atoms. The predicted octanol–water partition coefficient (Wildman–Crippen LogP) is 5.31. The fraction of sp³-hybridized carbons (Fsp3) is 0.333. The molecular weight excluding hydrogens is 380 g/mol. The summed E-state index contributed by atoms with van der Waals surface area (Å²) in [5.74, 6) is 0.663. The summed E-state index contributed by atoms with van der Waals surface area (Å²) in [6.45, 7) is 6.99. The van der Waals surface area contributed by atoms with Crippen LogP contribution in [0.25, 0.3) is 0 Å². The van der Waals surface area contributed by atoms with Crippen LogP contribution in [0.3, 0.4) is 0 Å². The molecule has 27 heavy (non-hydrogen) atoms. The number of hydrogen-bond donors (Lipinski definition) is 2. The number of thiocarbonyl (C=S) groups is 1. The summed E-state index contributed by atoms with van der Waals surface area (Å²) >= 11 is 11.0. The fourth-order valence-corrected chi connectivity index (χ4v) is 2.72. The number of rotatable bonds is 6. The Morgan fingerprint density at radius 3 is 2.30 bits per heavy atom. The van der Waals surface area contributed by atoms with E-state index >= 15 is 0 Å². The highest BCUT2D eigenvalue weighted by Gasteiger charge is 2.13. The average Bonchev–Trinajstić information content (AvgIpc) is 2.60. The first-order chi connectivity index (χ1) is 12.7. The molecule has 0 heterocycles. The Bertz CT molecular complexity index is 768. The monoisotopic (exact) mass is 404 g/mol. The molecule has 0 unspecified atom stereocenters. The van der Waals surface area contributed by atoms with Crippen molar-refractivity contribution in [2.24, 2.45) is 0 Å². The molecular formula is C21H25ClN2O2S. The molecule has 0 bridgehead atoms. The van der Waals surface area contributed by atoms with Crippen molar-refractivity contribution in [2.75, 3.05) is 11.9 Å². The van der Waals surface area contributed by atoms with Gasteiger partial charge in [0.1, 0.15) is 5.75 Å². The molecule has 6 heteroatoms. The number of halogens is 1. The number of nitrogens with one attached hydrogen (secondary N) is 2. The number of carbonyl (C=O) groups is 1. The normalized spacial score (nSPS) is 11.0. The summed E-state index contributed by atoms with van der Waals surface area (Å²) in [4.78, 5) is 11.9. The third kappa shape index (κ3) is 7.57. The zero-order valence-electron chi connectivity index (χ0n) is 15.8. The first-order valence-electron chi connectivity index (χ1n) is 8.84. The Morgan fingerprint density at radius 1 is 1.07 bits per heavy atom. The molecule has 0 aromatic heterocycles. The van der Waals surface area contributed by atoms with Crippen molar-refractivity contribution in [1.82, 2.24) is 5.32 Å². The van der Waals surface area contributed by atoms with Crippen LogP contribution in [0.2, 0.25) is 5.02 Å². The number of carbonyl (C=O) groups excluding carboxylic acids is 1. The molecule has 144 valence electrons. The van der Waals surface area contributed by atoms with E-state index in [1.807, 2.05) is 12.1 Å². The van der Waals surface area contributed by atoms with E-state index in [4.69, 9.17) is 28.6 Å². The second-order valence-corrected chi connectivity index (χ2v) is 8.08. The number of hydrogen-bond acceptors (Lipinski definition) is 3. The average molecular weight is 405 g/mol. The quantitative estimate of drug-likeness (QED) is 0.506. The Hall–Kier alpha value is -2.11. The number of ether oxygens (including phenoxy) is 1. The second-order valence-electron chi connectivity index (χ2n) is 7.24. The van der Waals surface area contributed by atoms with E-state index in [9.17, 15) is 4.79 Å². The summed E-state index contributed by atoms with van der Waals surface area (Å²) in [7, 11) is 0. The number of amides is 1. The van der Waals surface area contributed by atoms with E-state index in [1.165, 1.54) is 5.56 Å². The molecule has 0 atom stereocenters. The summed E-state index contributed by atoms with van der Waals surface area (Å²) in [5.41, 5.74) is 2.15. The molecule has 0 fully saturated rings. The van der Waals surface area contributed by atoms with Crippen molar-refractivity contribution in [3.63, 3.8) is 0 Å². The number of benzene rings is 2. The van der Waals surface area contributed by atoms with Crippen LogP contribution < -0.4 is 15.4 Å². The molecule has 0 aliphatic heterocycles. The van der Waals surface area contributed by atoms with Gasteiger partial charge in [0.05, 0.1) is 6.61 Å². The molecule has 2 aromatic carbocycles. The Kier molecular flexibility index (Phi) is 7.63. The molecule has 1 amide bonds. The highest BCUT2D eigenvalue weighted by molar-refractivity contribution is 7.80. The van der Waals surface area contributed by atoms with Crippen molar-refractivity contribution < 1.29 is 9.53 Å². The van der Waals surface area contributed by atoms with Gasteiger partial charge in [-0.2, -0.15) is 0 Å². The summed E-state index contributed by atoms with van der Waals surface area (Å²) in [5, 5.41) is 6.51. The van der Waals surface area contributed by atoms with Crippen molar-refractivity contribution in [1.29, 1.82) is 0 Å². The van der Waals surface area contributed by atoms with Gasteiger partial charge in [0.25, 0.3) is 0 Å². The van der Waals surface area contributed by atoms with Crippen molar-refractivity contribution in [3.8, 4) is 5.75 Å². The first kappa shape index (κ1) is 21.2. The third-order valence-electron chi connectivity index (χ3n) is 3.89. The topological polar surface area (TPSA) is 50.4 Å². The maximum absolute atomic E-state index is 11.9. The predicted molar refractivity (Wildman–Crippen MR) is 116 cm³/mol. The fourth-order valence-electron chi connectivity index (χ4n) is 2.36. The van der Waals surface area contributed by atoms with Crippen LogP contribution in [0.5, 0.6) is 5.75 Å². The van der Waals surface area contributed by atoms with Gasteiger partial charge >= 0.3 is 0 Å². The molecule has 4 nitrogen and oxygen atoms in total. The molecule has 0 aliphatic rings. The van der Waals surface area contributed by atoms with Crippen LogP contribution in [0.1, 0.15) is 39.2 Å². The third-order valence-corrected chi connectivity index (χ3v) is 4.35. The van der Waals surface area contributed by atoms with Gasteiger partial charge in [0, 0.05) is 17.1 Å². The van der Waals surface area contributed by atoms with Crippen LogP contribution in [0.15, 0.2) is 48.5 Å². The van der Waals surface area contributed by atoms with Gasteiger partial charge in [-0.25, -0.2) is 0 Å². The second kappa shape index (κ2) is 9.72. The van der Waals surface area contributed by atoms with Gasteiger partial charge in [0.15, 0.2) is 5.11 Å². The Labute approximate surface area is 171 Å². The minimum Gasteiger partial charge on any atom is -0.494 e. The van der Waals surface area contributed by atoms with Crippen LogP contribution in [-0.2, 0) is 10.2 Å². The standard InChI is InChI=1S/C21H25ClN2O2S/c1-21(2,3)15-6-12-18(13-7-15)26-14-4-5-19(25)24-20(27)23-17-10-8-16(22)9-11-17/h6-13H,4-5,14H2,1-3H3,(H2,23,24,25,27). The van der Waals surface area contributed by atoms with Crippen LogP contribution in [0.4, 0.5) is 5.69 Å². The Morgan fingerprint density at radius 2 is 1.70 bits per heavy atom. The molecule has 0 radical (unpaired) electrons. The van der Waals surface area contributed by atoms with Gasteiger partial charge in [-0.05, 0) is 66.0 Å². The summed E-state index contributed by atoms with van der Waals surface area (Å²) < 4.78 is 5.69. The van der Waals surface area contributed by atoms with E-state index in [0.29, 0.717) is 24.5 Å². The lowest BCUT2D eigenvalue weighted by molar-refractivity contribution is -0.119. The minimum atomic E-state index is -0.145. The molecule has 2 rings (SSSR count). The molecule has 0 aliphatic carbocycles.